The molecule has 1 heterocycles. The van der Waals surface area contributed by atoms with Gasteiger partial charge in [-0.05, 0) is 74.0 Å². The molecule has 0 fully saturated rings. The number of rotatable bonds is 0. The van der Waals surface area contributed by atoms with Crippen LogP contribution in [0.3, 0.4) is 0 Å². The number of halogens is 2. The highest BCUT2D eigenvalue weighted by Gasteiger charge is 2.53. The third kappa shape index (κ3) is 2.32. The average molecular weight is 525 g/mol. The topological polar surface area (TPSA) is 13.1 Å². The summed E-state index contributed by atoms with van der Waals surface area (Å²) in [6.45, 7) is 0. The summed E-state index contributed by atoms with van der Waals surface area (Å²) in [6, 6.07) is 38.5. The zero-order valence-electron chi connectivity index (χ0n) is 20.1. The summed E-state index contributed by atoms with van der Waals surface area (Å²) >= 11 is 13.9. The molecule has 0 saturated heterocycles. The van der Waals surface area contributed by atoms with Crippen molar-refractivity contribution in [3.8, 4) is 22.3 Å². The molecule has 38 heavy (non-hydrogen) atoms. The van der Waals surface area contributed by atoms with E-state index in [1.807, 2.05) is 24.3 Å². The third-order valence-corrected chi connectivity index (χ3v) is 9.13. The first-order chi connectivity index (χ1) is 18.7. The van der Waals surface area contributed by atoms with Gasteiger partial charge in [-0.25, -0.2) is 0 Å². The second-order valence-electron chi connectivity index (χ2n) is 10.3. The van der Waals surface area contributed by atoms with Gasteiger partial charge in [-0.1, -0.05) is 108 Å². The molecule has 178 valence electrons. The molecule has 7 aromatic rings. The maximum Gasteiger partial charge on any atom is 0.145 e. The van der Waals surface area contributed by atoms with Gasteiger partial charge in [0.15, 0.2) is 0 Å². The standard InChI is InChI=1S/C35H18Cl2O/c36-20-14-15-23-27(17-20)35(28-18-29(37)33-24-10-4-6-12-30(24)38-34(33)32(23)28)25-11-5-3-9-22(25)31-21-8-2-1-7-19(21)13-16-26(31)35/h1-18H. The number of para-hydroxylation sites is 1. The molecule has 3 heteroatoms. The highest BCUT2D eigenvalue weighted by molar-refractivity contribution is 6.39. The van der Waals surface area contributed by atoms with E-state index in [1.54, 1.807) is 0 Å². The molecule has 0 aliphatic heterocycles. The van der Waals surface area contributed by atoms with E-state index in [9.17, 15) is 0 Å². The summed E-state index contributed by atoms with van der Waals surface area (Å²) in [6.07, 6.45) is 0. The summed E-state index contributed by atoms with van der Waals surface area (Å²) in [7, 11) is 0. The van der Waals surface area contributed by atoms with Gasteiger partial charge >= 0.3 is 0 Å². The van der Waals surface area contributed by atoms with E-state index in [-0.39, 0.29) is 0 Å². The van der Waals surface area contributed by atoms with Gasteiger partial charge in [0.1, 0.15) is 11.2 Å². The van der Waals surface area contributed by atoms with Crippen molar-refractivity contribution in [1.82, 2.24) is 0 Å². The highest BCUT2D eigenvalue weighted by atomic mass is 35.5. The van der Waals surface area contributed by atoms with E-state index in [1.165, 1.54) is 38.6 Å². The second kappa shape index (κ2) is 7.08. The van der Waals surface area contributed by atoms with Crippen LogP contribution in [0.15, 0.2) is 114 Å². The van der Waals surface area contributed by atoms with Crippen molar-refractivity contribution in [1.29, 1.82) is 0 Å². The van der Waals surface area contributed by atoms with Crippen LogP contribution in [-0.4, -0.2) is 0 Å². The van der Waals surface area contributed by atoms with Gasteiger partial charge in [0, 0.05) is 21.4 Å². The number of hydrogen-bond donors (Lipinski definition) is 0. The highest BCUT2D eigenvalue weighted by Crippen LogP contribution is 2.65. The minimum atomic E-state index is -0.553. The van der Waals surface area contributed by atoms with Crippen LogP contribution >= 0.6 is 23.2 Å². The second-order valence-corrected chi connectivity index (χ2v) is 11.1. The SMILES string of the molecule is Clc1ccc2c(c1)C1(c3ccccc3-c3c1ccc1ccccc31)c1cc(Cl)c3c(oc4ccccc43)c1-2. The molecule has 2 aliphatic carbocycles. The van der Waals surface area contributed by atoms with Crippen LogP contribution in [0.2, 0.25) is 10.0 Å². The first-order valence-corrected chi connectivity index (χ1v) is 13.5. The first kappa shape index (κ1) is 21.0. The predicted molar refractivity (Wildman–Crippen MR) is 158 cm³/mol. The van der Waals surface area contributed by atoms with Crippen LogP contribution in [0.4, 0.5) is 0 Å². The zero-order chi connectivity index (χ0) is 25.2. The monoisotopic (exact) mass is 524 g/mol. The molecule has 0 radical (unpaired) electrons. The van der Waals surface area contributed by atoms with E-state index in [0.29, 0.717) is 5.02 Å². The molecule has 0 amide bonds. The van der Waals surface area contributed by atoms with Gasteiger partial charge in [-0.3, -0.25) is 0 Å². The van der Waals surface area contributed by atoms with E-state index in [2.05, 4.69) is 84.9 Å². The Labute approximate surface area is 228 Å². The molecule has 0 saturated carbocycles. The van der Waals surface area contributed by atoms with Crippen LogP contribution in [0.5, 0.6) is 0 Å². The molecule has 1 spiro atoms. The zero-order valence-corrected chi connectivity index (χ0v) is 21.6. The number of furan rings is 1. The first-order valence-electron chi connectivity index (χ1n) is 12.7. The molecule has 1 atom stereocenters. The maximum atomic E-state index is 7.16. The molecule has 6 aromatic carbocycles. The number of hydrogen-bond acceptors (Lipinski definition) is 1. The van der Waals surface area contributed by atoms with Gasteiger partial charge < -0.3 is 4.42 Å². The summed E-state index contributed by atoms with van der Waals surface area (Å²) < 4.78 is 6.59. The average Bonchev–Trinajstić information content (AvgIpc) is 3.57. The number of benzene rings is 6. The van der Waals surface area contributed by atoms with Gasteiger partial charge in [0.25, 0.3) is 0 Å². The normalized spacial score (nSPS) is 16.8. The van der Waals surface area contributed by atoms with Gasteiger partial charge in [-0.2, -0.15) is 0 Å². The molecular formula is C35H18Cl2O. The fourth-order valence-electron chi connectivity index (χ4n) is 7.23. The summed E-state index contributed by atoms with van der Waals surface area (Å²) in [5, 5.41) is 5.90. The van der Waals surface area contributed by atoms with Crippen molar-refractivity contribution in [3.05, 3.63) is 141 Å². The lowest BCUT2D eigenvalue weighted by atomic mass is 9.70. The fourth-order valence-corrected chi connectivity index (χ4v) is 7.70. The van der Waals surface area contributed by atoms with E-state index in [4.69, 9.17) is 27.6 Å². The Morgan fingerprint density at radius 2 is 1.32 bits per heavy atom. The van der Waals surface area contributed by atoms with Crippen LogP contribution in [0, 0.1) is 0 Å². The van der Waals surface area contributed by atoms with Gasteiger partial charge in [0.2, 0.25) is 0 Å². The molecule has 0 N–H and O–H groups in total. The lowest BCUT2D eigenvalue weighted by Crippen LogP contribution is -2.25. The molecule has 2 aliphatic rings. The van der Waals surface area contributed by atoms with E-state index >= 15 is 0 Å². The van der Waals surface area contributed by atoms with E-state index in [0.717, 1.165) is 43.7 Å². The summed E-state index contributed by atoms with van der Waals surface area (Å²) in [5.41, 5.74) is 10.7. The minimum Gasteiger partial charge on any atom is -0.455 e. The predicted octanol–water partition coefficient (Wildman–Crippen LogP) is 10.4. The Morgan fingerprint density at radius 1 is 0.553 bits per heavy atom. The lowest BCUT2D eigenvalue weighted by Gasteiger charge is -2.30. The Hall–Kier alpha value is -4.04. The lowest BCUT2D eigenvalue weighted by molar-refractivity contribution is 0.669. The Bertz CT molecular complexity index is 2170. The van der Waals surface area contributed by atoms with Crippen molar-refractivity contribution in [2.45, 2.75) is 5.41 Å². The van der Waals surface area contributed by atoms with Crippen molar-refractivity contribution in [3.63, 3.8) is 0 Å². The van der Waals surface area contributed by atoms with Crippen LogP contribution in [0.25, 0.3) is 55.0 Å². The van der Waals surface area contributed by atoms with Crippen LogP contribution in [-0.2, 0) is 5.41 Å². The van der Waals surface area contributed by atoms with Crippen LogP contribution in [0.1, 0.15) is 22.3 Å². The summed E-state index contributed by atoms with van der Waals surface area (Å²) in [4.78, 5) is 0. The molecule has 9 rings (SSSR count). The van der Waals surface area contributed by atoms with Crippen LogP contribution < -0.4 is 0 Å². The Kier molecular flexibility index (Phi) is 3.90. The Morgan fingerprint density at radius 3 is 2.24 bits per heavy atom. The quantitative estimate of drug-likeness (QED) is 0.192. The molecule has 1 unspecified atom stereocenters. The van der Waals surface area contributed by atoms with Gasteiger partial charge in [-0.15, -0.1) is 0 Å². The fraction of sp³-hybridized carbons (Fsp3) is 0.0286. The third-order valence-electron chi connectivity index (χ3n) is 8.59. The smallest absolute Gasteiger partial charge is 0.145 e. The van der Waals surface area contributed by atoms with E-state index < -0.39 is 5.41 Å². The van der Waals surface area contributed by atoms with Gasteiger partial charge in [0.05, 0.1) is 10.4 Å². The summed E-state index contributed by atoms with van der Waals surface area (Å²) in [5.74, 6) is 0. The van der Waals surface area contributed by atoms with Crippen molar-refractivity contribution in [2.75, 3.05) is 0 Å². The number of fused-ring (bicyclic) bond motifs is 16. The Balaban J connectivity index is 1.55. The largest absolute Gasteiger partial charge is 0.455 e. The molecule has 1 aromatic heterocycles. The van der Waals surface area contributed by atoms with Crippen molar-refractivity contribution >= 4 is 55.9 Å². The molecule has 0 bridgehead atoms. The molecule has 1 nitrogen and oxygen atoms in total. The maximum absolute atomic E-state index is 7.16. The molecular weight excluding hydrogens is 507 g/mol. The van der Waals surface area contributed by atoms with Crippen molar-refractivity contribution in [2.24, 2.45) is 0 Å². The minimum absolute atomic E-state index is 0.553. The van der Waals surface area contributed by atoms with Crippen molar-refractivity contribution < 1.29 is 4.42 Å².